The maximum absolute atomic E-state index is 15.3. The van der Waals surface area contributed by atoms with Gasteiger partial charge < -0.3 is 56.8 Å². The van der Waals surface area contributed by atoms with Crippen LogP contribution in [0.25, 0.3) is 44.5 Å². The van der Waals surface area contributed by atoms with Crippen LogP contribution in [0.2, 0.25) is 0 Å². The van der Waals surface area contributed by atoms with Gasteiger partial charge in [-0.2, -0.15) is 0 Å². The third-order valence-electron chi connectivity index (χ3n) is 20.8. The highest BCUT2D eigenvalue weighted by molar-refractivity contribution is 5.97. The summed E-state index contributed by atoms with van der Waals surface area (Å²) in [6, 6.07) is 32.4. The molecule has 0 aliphatic heterocycles. The SMILES string of the molecule is C=C(C)C(=O)Oc1cc(-c2cccc3c2CCC3OC(=O)C(=C)C)cc(F)c1OC(=O)C(=C)C.C=C(C)C(=O)Oc1cc(F)c(-c2cccc3c2CCC3OC(=O)C(=C)C)cc1OC(=O)C(=C)C.C=C(C)C(=O)Oc1ccc(-c2cc(F)c(OC(=O)C(=C)C)c(OC(=O)C(=C)C)c2)c2c1CCC2.C=C(C)C(=O)Oc1ccc(-c2cccc3c2CCC3OC(=O)C(=C)C)cc1OC(=O)C(=C)C. The van der Waals surface area contributed by atoms with Gasteiger partial charge >= 0.3 is 71.6 Å². The Morgan fingerprint density at radius 3 is 0.874 bits per heavy atom. The van der Waals surface area contributed by atoms with Gasteiger partial charge in [0.15, 0.2) is 46.1 Å². The summed E-state index contributed by atoms with van der Waals surface area (Å²) < 4.78 is 110. The van der Waals surface area contributed by atoms with Crippen molar-refractivity contribution in [3.05, 3.63) is 329 Å². The van der Waals surface area contributed by atoms with Gasteiger partial charge in [0.1, 0.15) is 29.9 Å². The van der Waals surface area contributed by atoms with Gasteiger partial charge in [-0.3, -0.25) is 0 Å². The van der Waals surface area contributed by atoms with Gasteiger partial charge in [-0.25, -0.2) is 70.7 Å². The Morgan fingerprint density at radius 2 is 0.511 bits per heavy atom. The van der Waals surface area contributed by atoms with Gasteiger partial charge in [-0.05, 0) is 273 Å². The van der Waals surface area contributed by atoms with Crippen molar-refractivity contribution in [1.29, 1.82) is 0 Å². The van der Waals surface area contributed by atoms with Crippen molar-refractivity contribution in [2.75, 3.05) is 0 Å². The molecule has 135 heavy (non-hydrogen) atoms. The van der Waals surface area contributed by atoms with Gasteiger partial charge in [-0.15, -0.1) is 0 Å². The van der Waals surface area contributed by atoms with Crippen LogP contribution in [-0.4, -0.2) is 71.6 Å². The van der Waals surface area contributed by atoms with E-state index in [1.54, 1.807) is 82.3 Å². The van der Waals surface area contributed by atoms with Crippen LogP contribution in [0, 0.1) is 17.5 Å². The lowest BCUT2D eigenvalue weighted by Crippen LogP contribution is -2.14. The number of carbonyl (C=O) groups excluding carboxylic acids is 12. The smallest absolute Gasteiger partial charge is 0.338 e. The summed E-state index contributed by atoms with van der Waals surface area (Å²) >= 11 is 0. The largest absolute Gasteiger partial charge is 0.454 e. The summed E-state index contributed by atoms with van der Waals surface area (Å²) in [5.74, 6) is -11.8. The van der Waals surface area contributed by atoms with Crippen molar-refractivity contribution in [3.63, 3.8) is 0 Å². The molecule has 4 aliphatic carbocycles. The van der Waals surface area contributed by atoms with Crippen molar-refractivity contribution >= 4 is 71.6 Å². The Bertz CT molecular complexity index is 6460. The molecule has 0 radical (unpaired) electrons. The van der Waals surface area contributed by atoms with E-state index >= 15 is 13.2 Å². The molecule has 698 valence electrons. The van der Waals surface area contributed by atoms with E-state index in [1.807, 2.05) is 30.3 Å². The molecule has 12 rings (SSSR count). The normalized spacial score (nSPS) is 13.5. The fourth-order valence-corrected chi connectivity index (χ4v) is 13.9. The first-order chi connectivity index (χ1) is 63.5. The van der Waals surface area contributed by atoms with E-state index in [0.717, 1.165) is 68.1 Å². The molecule has 0 spiro atoms. The van der Waals surface area contributed by atoms with E-state index in [0.29, 0.717) is 102 Å². The molecule has 0 fully saturated rings. The van der Waals surface area contributed by atoms with Crippen LogP contribution in [0.5, 0.6) is 51.7 Å². The Labute approximate surface area is 779 Å². The predicted molar refractivity (Wildman–Crippen MR) is 499 cm³/mol. The first-order valence-electron chi connectivity index (χ1n) is 42.2. The van der Waals surface area contributed by atoms with E-state index in [2.05, 4.69) is 78.9 Å². The maximum Gasteiger partial charge on any atom is 0.338 e. The quantitative estimate of drug-likeness (QED) is 0.0190. The molecule has 0 amide bonds. The van der Waals surface area contributed by atoms with Gasteiger partial charge in [0.25, 0.3) is 0 Å². The first-order valence-corrected chi connectivity index (χ1v) is 42.2. The molecule has 8 aromatic carbocycles. The third kappa shape index (κ3) is 25.6. The number of fused-ring (bicyclic) bond motifs is 4. The molecule has 3 atom stereocenters. The van der Waals surface area contributed by atoms with Gasteiger partial charge in [0.05, 0.1) is 0 Å². The predicted octanol–water partition coefficient (Wildman–Crippen LogP) is 22.0. The van der Waals surface area contributed by atoms with Crippen molar-refractivity contribution in [2.45, 2.75) is 159 Å². The fraction of sp³-hybridized carbons (Fsp3) is 0.222. The molecule has 8 aromatic rings. The number of carbonyl (C=O) groups is 12. The minimum absolute atomic E-state index is 0.0527. The van der Waals surface area contributed by atoms with Crippen molar-refractivity contribution < 1.29 is 128 Å². The second kappa shape index (κ2) is 44.8. The number of ether oxygens (including phenoxy) is 12. The molecular weight excluding hydrogens is 1740 g/mol. The van der Waals surface area contributed by atoms with E-state index in [9.17, 15) is 57.5 Å². The van der Waals surface area contributed by atoms with Crippen LogP contribution in [0.1, 0.15) is 172 Å². The van der Waals surface area contributed by atoms with E-state index in [4.69, 9.17) is 56.8 Å². The summed E-state index contributed by atoms with van der Waals surface area (Å²) in [5.41, 5.74) is 13.7. The van der Waals surface area contributed by atoms with Crippen LogP contribution in [0.3, 0.4) is 0 Å². The van der Waals surface area contributed by atoms with E-state index in [1.165, 1.54) is 85.7 Å². The summed E-state index contributed by atoms with van der Waals surface area (Å²) in [7, 11) is 0. The van der Waals surface area contributed by atoms with Crippen LogP contribution in [-0.2, 0) is 104 Å². The first kappa shape index (κ1) is 103. The lowest BCUT2D eigenvalue weighted by atomic mass is 9.95. The number of benzene rings is 8. The summed E-state index contributed by atoms with van der Waals surface area (Å²) in [5, 5.41) is 0. The van der Waals surface area contributed by atoms with Crippen LogP contribution < -0.4 is 42.6 Å². The van der Waals surface area contributed by atoms with Gasteiger partial charge in [-0.1, -0.05) is 146 Å². The van der Waals surface area contributed by atoms with Gasteiger partial charge in [0, 0.05) is 78.5 Å². The Balaban J connectivity index is 0.000000202. The standard InChI is InChI=1S/3C27H25FO6.C27H26O6/c1-14(2)25(29)32-22-11-10-18(19-8-7-9-20(19)22)17-12-21(28)24(34-27(31)16(5)6)23(13-17)33-26(30)15(3)4;1-14(2)25(29)32-22-11-10-19-18(8-7-9-20(19)22)17-12-21(28)24(34-27(31)16(5)6)23(13-17)33-26(30)15(3)4;1-14(2)25(29)32-22-11-10-18-17(8-7-9-19(18)22)20-12-23(33-26(30)15(3)4)24(13-21(20)28)34-27(31)16(5)6;1-15(2)25(28)31-22-13-11-20-19(8-7-9-21(20)22)18-10-12-23(32-26(29)16(3)4)24(14-18)33-27(30)17(5)6/h10-13H,1,3,5,7-9H2,2,4,6H3;2*7-9,12-13,22H,1,3,5,10-11H2,2,4,6H3;7-10,12,14,22H,1,3,5,11,13H2,2,4,6H3. The minimum Gasteiger partial charge on any atom is -0.454 e. The van der Waals surface area contributed by atoms with E-state index < -0.39 is 113 Å². The average molecular weight is 1840 g/mol. The molecule has 27 heteroatoms. The topological polar surface area (TPSA) is 316 Å². The zero-order chi connectivity index (χ0) is 99.7. The van der Waals surface area contributed by atoms with Crippen LogP contribution in [0.4, 0.5) is 13.2 Å². The third-order valence-corrected chi connectivity index (χ3v) is 20.8. The van der Waals surface area contributed by atoms with Crippen molar-refractivity contribution in [3.8, 4) is 96.3 Å². The molecule has 0 saturated heterocycles. The lowest BCUT2D eigenvalue weighted by molar-refractivity contribution is -0.145. The lowest BCUT2D eigenvalue weighted by Gasteiger charge is -2.16. The van der Waals surface area contributed by atoms with Crippen LogP contribution in [0.15, 0.2) is 267 Å². The number of rotatable bonds is 28. The molecule has 0 aromatic heterocycles. The molecular formula is C108H101F3O24. The minimum atomic E-state index is -0.891. The molecule has 4 aliphatic rings. The highest BCUT2D eigenvalue weighted by atomic mass is 19.1. The number of hydrogen-bond donors (Lipinski definition) is 0. The number of esters is 12. The van der Waals surface area contributed by atoms with E-state index in [-0.39, 0.29) is 96.3 Å². The van der Waals surface area contributed by atoms with Gasteiger partial charge in [0.2, 0.25) is 11.5 Å². The molecule has 0 saturated carbocycles. The fourth-order valence-electron chi connectivity index (χ4n) is 13.9. The summed E-state index contributed by atoms with van der Waals surface area (Å²) in [6.07, 6.45) is 4.58. The maximum atomic E-state index is 15.3. The van der Waals surface area contributed by atoms with Crippen molar-refractivity contribution in [2.24, 2.45) is 0 Å². The van der Waals surface area contributed by atoms with Crippen molar-refractivity contribution in [1.82, 2.24) is 0 Å². The second-order valence-electron chi connectivity index (χ2n) is 32.7. The van der Waals surface area contributed by atoms with Crippen LogP contribution >= 0.6 is 0 Å². The average Bonchev–Trinajstić information content (AvgIpc) is 1.80. The number of halogens is 3. The molecule has 24 nitrogen and oxygen atoms in total. The summed E-state index contributed by atoms with van der Waals surface area (Å²) in [6.45, 7) is 60.7. The number of hydrogen-bond acceptors (Lipinski definition) is 24. The monoisotopic (exact) mass is 1840 g/mol. The second-order valence-corrected chi connectivity index (χ2v) is 32.7. The Morgan fingerprint density at radius 1 is 0.237 bits per heavy atom. The molecule has 3 unspecified atom stereocenters. The zero-order valence-corrected chi connectivity index (χ0v) is 77.1. The summed E-state index contributed by atoms with van der Waals surface area (Å²) in [4.78, 5) is 145. The molecule has 0 bridgehead atoms. The highest BCUT2D eigenvalue weighted by Crippen LogP contribution is 2.49. The highest BCUT2D eigenvalue weighted by Gasteiger charge is 2.35. The zero-order valence-electron chi connectivity index (χ0n) is 77.1. The Hall–Kier alpha value is -15.9. The molecule has 0 heterocycles. The molecule has 0 N–H and O–H groups in total. The Kier molecular flexibility index (Phi) is 34.1.